The van der Waals surface area contributed by atoms with Gasteiger partial charge >= 0.3 is 5.97 Å². The number of esters is 1. The summed E-state index contributed by atoms with van der Waals surface area (Å²) in [4.78, 5) is 11.4. The summed E-state index contributed by atoms with van der Waals surface area (Å²) in [5, 5.41) is 8.86. The molecule has 1 atom stereocenters. The molecule has 0 aromatic heterocycles. The third-order valence-electron chi connectivity index (χ3n) is 2.48. The maximum Gasteiger partial charge on any atom is 0.348 e. The molecule has 3 heteroatoms. The molecule has 0 saturated heterocycles. The molecule has 1 aliphatic rings. The molecule has 0 spiro atoms. The first kappa shape index (κ1) is 10.8. The zero-order valence-corrected chi connectivity index (χ0v) is 8.67. The Bertz CT molecular complexity index is 299. The fourth-order valence-electron chi connectivity index (χ4n) is 1.74. The summed E-state index contributed by atoms with van der Waals surface area (Å²) in [5.74, 6) is 0.127. The Morgan fingerprint density at radius 2 is 2.43 bits per heavy atom. The first-order valence-corrected chi connectivity index (χ1v) is 4.98. The molecule has 1 rings (SSSR count). The summed E-state index contributed by atoms with van der Waals surface area (Å²) in [7, 11) is 0. The molecule has 1 saturated carbocycles. The van der Waals surface area contributed by atoms with E-state index in [-0.39, 0.29) is 5.57 Å². The predicted octanol–water partition coefficient (Wildman–Crippen LogP) is 2.19. The Morgan fingerprint density at radius 3 is 2.86 bits per heavy atom. The average Bonchev–Trinajstić information content (AvgIpc) is 2.54. The van der Waals surface area contributed by atoms with Gasteiger partial charge in [0.25, 0.3) is 0 Å². The van der Waals surface area contributed by atoms with Crippen molar-refractivity contribution >= 4 is 5.97 Å². The SMILES string of the molecule is CCOC(=O)/C(C#N)=C1/CC[C@@H](C)C1. The quantitative estimate of drug-likeness (QED) is 0.383. The van der Waals surface area contributed by atoms with Crippen LogP contribution in [0.1, 0.15) is 33.1 Å². The maximum absolute atomic E-state index is 11.4. The van der Waals surface area contributed by atoms with Gasteiger partial charge in [0.2, 0.25) is 0 Å². The van der Waals surface area contributed by atoms with Crippen molar-refractivity contribution in [1.82, 2.24) is 0 Å². The molecule has 0 N–H and O–H groups in total. The van der Waals surface area contributed by atoms with Gasteiger partial charge in [0, 0.05) is 0 Å². The number of nitrogens with zero attached hydrogens (tertiary/aromatic N) is 1. The second-order valence-corrected chi connectivity index (χ2v) is 3.66. The fourth-order valence-corrected chi connectivity index (χ4v) is 1.74. The lowest BCUT2D eigenvalue weighted by Crippen LogP contribution is -2.08. The molecule has 3 nitrogen and oxygen atoms in total. The highest BCUT2D eigenvalue weighted by Gasteiger charge is 2.22. The van der Waals surface area contributed by atoms with Crippen molar-refractivity contribution < 1.29 is 9.53 Å². The second kappa shape index (κ2) is 4.80. The van der Waals surface area contributed by atoms with Crippen LogP contribution in [0.15, 0.2) is 11.1 Å². The molecular formula is C11H15NO2. The van der Waals surface area contributed by atoms with Crippen LogP contribution in [-0.2, 0) is 9.53 Å². The Balaban J connectivity index is 2.80. The highest BCUT2D eigenvalue weighted by atomic mass is 16.5. The summed E-state index contributed by atoms with van der Waals surface area (Å²) in [6.07, 6.45) is 2.80. The number of carbonyl (C=O) groups is 1. The molecule has 1 fully saturated rings. The van der Waals surface area contributed by atoms with Crippen molar-refractivity contribution in [2.75, 3.05) is 6.61 Å². The van der Waals surface area contributed by atoms with Gasteiger partial charge in [-0.05, 0) is 37.7 Å². The number of hydrogen-bond acceptors (Lipinski definition) is 3. The zero-order valence-electron chi connectivity index (χ0n) is 8.67. The predicted molar refractivity (Wildman–Crippen MR) is 52.3 cm³/mol. The van der Waals surface area contributed by atoms with E-state index in [0.717, 1.165) is 24.8 Å². The van der Waals surface area contributed by atoms with Gasteiger partial charge in [-0.2, -0.15) is 5.26 Å². The van der Waals surface area contributed by atoms with Gasteiger partial charge in [0.1, 0.15) is 11.6 Å². The van der Waals surface area contributed by atoms with Crippen LogP contribution in [-0.4, -0.2) is 12.6 Å². The van der Waals surface area contributed by atoms with E-state index in [1.807, 2.05) is 6.07 Å². The van der Waals surface area contributed by atoms with Crippen LogP contribution in [0.3, 0.4) is 0 Å². The Kier molecular flexibility index (Phi) is 3.70. The van der Waals surface area contributed by atoms with E-state index in [1.54, 1.807) is 6.92 Å². The number of allylic oxidation sites excluding steroid dienone is 1. The first-order chi connectivity index (χ1) is 6.69. The van der Waals surface area contributed by atoms with Crippen molar-refractivity contribution in [1.29, 1.82) is 5.26 Å². The van der Waals surface area contributed by atoms with Crippen LogP contribution >= 0.6 is 0 Å². The third kappa shape index (κ3) is 2.35. The van der Waals surface area contributed by atoms with Gasteiger partial charge in [-0.3, -0.25) is 0 Å². The normalized spacial score (nSPS) is 24.2. The van der Waals surface area contributed by atoms with E-state index in [1.165, 1.54) is 0 Å². The molecule has 0 bridgehead atoms. The van der Waals surface area contributed by atoms with Crippen molar-refractivity contribution in [3.63, 3.8) is 0 Å². The monoisotopic (exact) mass is 193 g/mol. The molecule has 0 aliphatic heterocycles. The molecule has 0 heterocycles. The Hall–Kier alpha value is -1.30. The molecule has 0 aromatic rings. The summed E-state index contributed by atoms with van der Waals surface area (Å²) in [6, 6.07) is 1.95. The maximum atomic E-state index is 11.4. The van der Waals surface area contributed by atoms with Gasteiger partial charge in [0.05, 0.1) is 6.61 Å². The highest BCUT2D eigenvalue weighted by molar-refractivity contribution is 5.93. The lowest BCUT2D eigenvalue weighted by Gasteiger charge is -2.03. The van der Waals surface area contributed by atoms with Gasteiger partial charge in [-0.15, -0.1) is 0 Å². The molecule has 76 valence electrons. The van der Waals surface area contributed by atoms with Crippen LogP contribution in [0.2, 0.25) is 0 Å². The number of ether oxygens (including phenoxy) is 1. The number of hydrogen-bond donors (Lipinski definition) is 0. The second-order valence-electron chi connectivity index (χ2n) is 3.66. The van der Waals surface area contributed by atoms with Crippen LogP contribution in [0, 0.1) is 17.2 Å². The molecular weight excluding hydrogens is 178 g/mol. The molecule has 0 aromatic carbocycles. The average molecular weight is 193 g/mol. The van der Waals surface area contributed by atoms with Gasteiger partial charge < -0.3 is 4.74 Å². The third-order valence-corrected chi connectivity index (χ3v) is 2.48. The van der Waals surface area contributed by atoms with E-state index in [4.69, 9.17) is 10.00 Å². The number of nitriles is 1. The van der Waals surface area contributed by atoms with E-state index in [9.17, 15) is 4.79 Å². The minimum atomic E-state index is -0.459. The van der Waals surface area contributed by atoms with Crippen molar-refractivity contribution in [3.05, 3.63) is 11.1 Å². The van der Waals surface area contributed by atoms with Crippen LogP contribution in [0.5, 0.6) is 0 Å². The van der Waals surface area contributed by atoms with Gasteiger partial charge in [-0.1, -0.05) is 6.92 Å². The molecule has 0 amide bonds. The van der Waals surface area contributed by atoms with E-state index in [0.29, 0.717) is 12.5 Å². The molecule has 0 unspecified atom stereocenters. The van der Waals surface area contributed by atoms with Crippen LogP contribution in [0.4, 0.5) is 0 Å². The van der Waals surface area contributed by atoms with Crippen LogP contribution < -0.4 is 0 Å². The van der Waals surface area contributed by atoms with Gasteiger partial charge in [0.15, 0.2) is 0 Å². The highest BCUT2D eigenvalue weighted by Crippen LogP contribution is 2.32. The van der Waals surface area contributed by atoms with Crippen molar-refractivity contribution in [2.24, 2.45) is 5.92 Å². The number of rotatable bonds is 2. The fraction of sp³-hybridized carbons (Fsp3) is 0.636. The minimum absolute atomic E-state index is 0.233. The summed E-state index contributed by atoms with van der Waals surface area (Å²) < 4.78 is 4.82. The summed E-state index contributed by atoms with van der Waals surface area (Å²) >= 11 is 0. The molecule has 14 heavy (non-hydrogen) atoms. The minimum Gasteiger partial charge on any atom is -0.462 e. The largest absolute Gasteiger partial charge is 0.462 e. The smallest absolute Gasteiger partial charge is 0.348 e. The Labute approximate surface area is 84.4 Å². The van der Waals surface area contributed by atoms with Crippen LogP contribution in [0.25, 0.3) is 0 Å². The lowest BCUT2D eigenvalue weighted by molar-refractivity contribution is -0.138. The van der Waals surface area contributed by atoms with Crippen molar-refractivity contribution in [2.45, 2.75) is 33.1 Å². The summed E-state index contributed by atoms with van der Waals surface area (Å²) in [5.41, 5.74) is 1.20. The van der Waals surface area contributed by atoms with E-state index in [2.05, 4.69) is 6.92 Å². The first-order valence-electron chi connectivity index (χ1n) is 4.98. The van der Waals surface area contributed by atoms with E-state index < -0.39 is 5.97 Å². The zero-order chi connectivity index (χ0) is 10.6. The van der Waals surface area contributed by atoms with Crippen molar-refractivity contribution in [3.8, 4) is 6.07 Å². The standard InChI is InChI=1S/C11H15NO2/c1-3-14-11(13)10(7-12)9-5-4-8(2)6-9/h8H,3-6H2,1-2H3/b10-9-/t8-/m1/s1. The summed E-state index contributed by atoms with van der Waals surface area (Å²) in [6.45, 7) is 4.20. The van der Waals surface area contributed by atoms with E-state index >= 15 is 0 Å². The molecule has 1 aliphatic carbocycles. The number of carbonyl (C=O) groups excluding carboxylic acids is 1. The van der Waals surface area contributed by atoms with Gasteiger partial charge in [-0.25, -0.2) is 4.79 Å². The lowest BCUT2D eigenvalue weighted by atomic mass is 10.1. The topological polar surface area (TPSA) is 50.1 Å². The Morgan fingerprint density at radius 1 is 1.71 bits per heavy atom. The molecule has 0 radical (unpaired) electrons.